The van der Waals surface area contributed by atoms with E-state index < -0.39 is 0 Å². The highest BCUT2D eigenvalue weighted by molar-refractivity contribution is 9.10. The summed E-state index contributed by atoms with van der Waals surface area (Å²) in [7, 11) is 1.67. The largest absolute Gasteiger partial charge is 0.383 e. The van der Waals surface area contributed by atoms with E-state index in [1.165, 1.54) is 0 Å². The average Bonchev–Trinajstić information content (AvgIpc) is 3.42. The summed E-state index contributed by atoms with van der Waals surface area (Å²) in [5, 5.41) is 11.7. The third kappa shape index (κ3) is 3.95. The number of amides is 2. The number of benzene rings is 1. The van der Waals surface area contributed by atoms with Crippen LogP contribution in [0.1, 0.15) is 30.9 Å². The van der Waals surface area contributed by atoms with E-state index in [-0.39, 0.29) is 11.9 Å². The quantitative estimate of drug-likeness (QED) is 0.437. The molecule has 5 rings (SSSR count). The zero-order chi connectivity index (χ0) is 22.9. The SMILES string of the molecule is CNC(=O)N1CCCC(c2nc3c(-c4cnn(-c5ccccc5)c4)cnn3c(N)c2Br)CC1. The second-order valence-electron chi connectivity index (χ2n) is 8.17. The predicted octanol–water partition coefficient (Wildman–Crippen LogP) is 3.84. The molecule has 1 aromatic carbocycles. The summed E-state index contributed by atoms with van der Waals surface area (Å²) in [6, 6.07) is 9.92. The first-order valence-electron chi connectivity index (χ1n) is 11.0. The first kappa shape index (κ1) is 21.4. The van der Waals surface area contributed by atoms with Crippen molar-refractivity contribution >= 4 is 33.4 Å². The van der Waals surface area contributed by atoms with Crippen LogP contribution in [0.15, 0.2) is 53.4 Å². The Balaban J connectivity index is 1.51. The van der Waals surface area contributed by atoms with Crippen molar-refractivity contribution in [1.82, 2.24) is 34.6 Å². The molecule has 1 aliphatic rings. The molecule has 0 bridgehead atoms. The Morgan fingerprint density at radius 3 is 2.76 bits per heavy atom. The number of nitrogens with one attached hydrogen (secondary N) is 1. The van der Waals surface area contributed by atoms with E-state index in [9.17, 15) is 4.79 Å². The van der Waals surface area contributed by atoms with Gasteiger partial charge in [-0.15, -0.1) is 0 Å². The zero-order valence-electron chi connectivity index (χ0n) is 18.3. The highest BCUT2D eigenvalue weighted by atomic mass is 79.9. The summed E-state index contributed by atoms with van der Waals surface area (Å²) in [5.74, 6) is 0.709. The lowest BCUT2D eigenvalue weighted by molar-refractivity contribution is 0.202. The maximum atomic E-state index is 12.1. The third-order valence-corrected chi connectivity index (χ3v) is 6.99. The minimum atomic E-state index is -0.0360. The fourth-order valence-corrected chi connectivity index (χ4v) is 4.98. The number of rotatable bonds is 3. The summed E-state index contributed by atoms with van der Waals surface area (Å²) >= 11 is 3.66. The van der Waals surface area contributed by atoms with Crippen LogP contribution in [0.2, 0.25) is 0 Å². The van der Waals surface area contributed by atoms with Crippen LogP contribution < -0.4 is 11.1 Å². The van der Waals surface area contributed by atoms with Crippen molar-refractivity contribution in [3.05, 3.63) is 59.1 Å². The summed E-state index contributed by atoms with van der Waals surface area (Å²) in [6.45, 7) is 1.42. The molecule has 1 fully saturated rings. The molecule has 0 saturated carbocycles. The van der Waals surface area contributed by atoms with Gasteiger partial charge in [-0.1, -0.05) is 18.2 Å². The number of likely N-dealkylation sites (tertiary alicyclic amines) is 1. The average molecular weight is 509 g/mol. The lowest BCUT2D eigenvalue weighted by Gasteiger charge is -2.20. The predicted molar refractivity (Wildman–Crippen MR) is 130 cm³/mol. The van der Waals surface area contributed by atoms with Crippen LogP contribution in [-0.2, 0) is 0 Å². The van der Waals surface area contributed by atoms with Crippen molar-refractivity contribution in [3.63, 3.8) is 0 Å². The van der Waals surface area contributed by atoms with Crippen molar-refractivity contribution in [2.75, 3.05) is 25.9 Å². The molecule has 1 aliphatic heterocycles. The Morgan fingerprint density at radius 1 is 1.15 bits per heavy atom. The van der Waals surface area contributed by atoms with E-state index in [0.29, 0.717) is 18.0 Å². The summed E-state index contributed by atoms with van der Waals surface area (Å²) in [6.07, 6.45) is 8.23. The number of urea groups is 1. The molecule has 170 valence electrons. The van der Waals surface area contributed by atoms with Gasteiger partial charge < -0.3 is 16.0 Å². The maximum Gasteiger partial charge on any atom is 0.317 e. The van der Waals surface area contributed by atoms with Crippen LogP contribution in [-0.4, -0.2) is 55.4 Å². The van der Waals surface area contributed by atoms with Gasteiger partial charge in [0.25, 0.3) is 0 Å². The first-order chi connectivity index (χ1) is 16.1. The highest BCUT2D eigenvalue weighted by Gasteiger charge is 2.26. The number of nitrogen functional groups attached to an aromatic ring is 1. The Labute approximate surface area is 199 Å². The Hall–Kier alpha value is -3.40. The molecule has 0 aliphatic carbocycles. The minimum absolute atomic E-state index is 0.0360. The van der Waals surface area contributed by atoms with Crippen LogP contribution in [0.25, 0.3) is 22.5 Å². The van der Waals surface area contributed by atoms with Crippen LogP contribution in [0.4, 0.5) is 10.6 Å². The normalized spacial score (nSPS) is 16.7. The molecule has 0 radical (unpaired) electrons. The van der Waals surface area contributed by atoms with Crippen molar-refractivity contribution in [1.29, 1.82) is 0 Å². The van der Waals surface area contributed by atoms with Gasteiger partial charge in [-0.25, -0.2) is 14.5 Å². The molecule has 4 aromatic rings. The number of nitrogens with zero attached hydrogens (tertiary/aromatic N) is 6. The lowest BCUT2D eigenvalue weighted by atomic mass is 9.96. The minimum Gasteiger partial charge on any atom is -0.383 e. The molecule has 4 heterocycles. The lowest BCUT2D eigenvalue weighted by Crippen LogP contribution is -2.38. The summed E-state index contributed by atoms with van der Waals surface area (Å²) in [5.41, 5.74) is 10.9. The van der Waals surface area contributed by atoms with Crippen LogP contribution in [0.5, 0.6) is 0 Å². The number of carbonyl (C=O) groups is 1. The Morgan fingerprint density at radius 2 is 1.97 bits per heavy atom. The van der Waals surface area contributed by atoms with Gasteiger partial charge >= 0.3 is 6.03 Å². The van der Waals surface area contributed by atoms with Gasteiger partial charge in [0.05, 0.1) is 28.2 Å². The van der Waals surface area contributed by atoms with E-state index in [4.69, 9.17) is 10.7 Å². The molecule has 3 aromatic heterocycles. The monoisotopic (exact) mass is 508 g/mol. The molecule has 33 heavy (non-hydrogen) atoms. The molecule has 10 heteroatoms. The zero-order valence-corrected chi connectivity index (χ0v) is 19.9. The third-order valence-electron chi connectivity index (χ3n) is 6.18. The van der Waals surface area contributed by atoms with Crippen LogP contribution >= 0.6 is 15.9 Å². The Kier molecular flexibility index (Phi) is 5.76. The maximum absolute atomic E-state index is 12.1. The van der Waals surface area contributed by atoms with E-state index >= 15 is 0 Å². The second kappa shape index (κ2) is 8.86. The number of para-hydroxylation sites is 1. The summed E-state index contributed by atoms with van der Waals surface area (Å²) in [4.78, 5) is 19.0. The van der Waals surface area contributed by atoms with Gasteiger partial charge in [-0.05, 0) is 47.3 Å². The number of aromatic nitrogens is 5. The molecular weight excluding hydrogens is 484 g/mol. The molecular formula is C23H25BrN8O. The number of hydrogen-bond donors (Lipinski definition) is 2. The molecule has 9 nitrogen and oxygen atoms in total. The van der Waals surface area contributed by atoms with Crippen LogP contribution in [0.3, 0.4) is 0 Å². The fraction of sp³-hybridized carbons (Fsp3) is 0.304. The smallest absolute Gasteiger partial charge is 0.317 e. The summed E-state index contributed by atoms with van der Waals surface area (Å²) < 4.78 is 4.26. The van der Waals surface area contributed by atoms with E-state index in [0.717, 1.165) is 52.8 Å². The molecule has 0 spiro atoms. The van der Waals surface area contributed by atoms with Crippen molar-refractivity contribution in [3.8, 4) is 16.8 Å². The number of hydrogen-bond acceptors (Lipinski definition) is 5. The number of nitrogens with two attached hydrogens (primary N) is 1. The van der Waals surface area contributed by atoms with Crippen molar-refractivity contribution in [2.45, 2.75) is 25.2 Å². The van der Waals surface area contributed by atoms with E-state index in [1.54, 1.807) is 17.8 Å². The highest BCUT2D eigenvalue weighted by Crippen LogP contribution is 2.37. The molecule has 2 amide bonds. The van der Waals surface area contributed by atoms with Crippen LogP contribution in [0, 0.1) is 0 Å². The second-order valence-corrected chi connectivity index (χ2v) is 8.96. The molecule has 3 N–H and O–H groups in total. The van der Waals surface area contributed by atoms with Gasteiger partial charge in [0, 0.05) is 43.4 Å². The van der Waals surface area contributed by atoms with Gasteiger partial charge in [0.15, 0.2) is 5.65 Å². The number of fused-ring (bicyclic) bond motifs is 1. The van der Waals surface area contributed by atoms with Gasteiger partial charge in [0.1, 0.15) is 5.82 Å². The number of carbonyl (C=O) groups excluding carboxylic acids is 1. The number of halogens is 1. The number of anilines is 1. The topological polar surface area (TPSA) is 106 Å². The molecule has 1 saturated heterocycles. The van der Waals surface area contributed by atoms with Gasteiger partial charge in [-0.3, -0.25) is 0 Å². The molecule has 1 unspecified atom stereocenters. The van der Waals surface area contributed by atoms with Crippen molar-refractivity contribution < 1.29 is 4.79 Å². The van der Waals surface area contributed by atoms with Gasteiger partial charge in [0.2, 0.25) is 0 Å². The van der Waals surface area contributed by atoms with E-state index in [2.05, 4.69) is 31.4 Å². The van der Waals surface area contributed by atoms with Gasteiger partial charge in [-0.2, -0.15) is 14.7 Å². The Bertz CT molecular complexity index is 1300. The van der Waals surface area contributed by atoms with Crippen molar-refractivity contribution in [2.24, 2.45) is 0 Å². The van der Waals surface area contributed by atoms with E-state index in [1.807, 2.05) is 52.3 Å². The molecule has 1 atom stereocenters. The standard InChI is InChI=1S/C23H25BrN8O/c1-26-23(33)30-10-5-6-15(9-11-30)20-19(24)21(25)32-22(29-20)18(13-28-32)16-12-27-31(14-16)17-7-3-2-4-8-17/h2-4,7-8,12-15H,5-6,9-11,25H2,1H3,(H,26,33). The fourth-order valence-electron chi connectivity index (χ4n) is 4.40. The first-order valence-corrected chi connectivity index (χ1v) is 11.8.